The first-order valence-corrected chi connectivity index (χ1v) is 9.50. The van der Waals surface area contributed by atoms with Gasteiger partial charge in [0.2, 0.25) is 0 Å². The fourth-order valence-corrected chi connectivity index (χ4v) is 3.96. The number of carbonyl (C=O) groups is 1. The molecule has 1 aliphatic carbocycles. The molecule has 140 valence electrons. The van der Waals surface area contributed by atoms with E-state index in [0.29, 0.717) is 27.9 Å². The maximum Gasteiger partial charge on any atom is 0.409 e. The summed E-state index contributed by atoms with van der Waals surface area (Å²) < 4.78 is 5.62. The summed E-state index contributed by atoms with van der Waals surface area (Å²) in [5.74, 6) is 0.817. The van der Waals surface area contributed by atoms with Crippen LogP contribution < -0.4 is 10.1 Å². The van der Waals surface area contributed by atoms with Crippen LogP contribution in [0.2, 0.25) is 5.02 Å². The number of ether oxygens (including phenoxy) is 1. The van der Waals surface area contributed by atoms with E-state index < -0.39 is 6.09 Å². The minimum atomic E-state index is -1.10. The van der Waals surface area contributed by atoms with Crippen molar-refractivity contribution in [1.29, 1.82) is 5.26 Å². The highest BCUT2D eigenvalue weighted by molar-refractivity contribution is 6.33. The second kappa shape index (κ2) is 8.51. The Kier molecular flexibility index (Phi) is 6.10. The number of alkyl halides is 1. The van der Waals surface area contributed by atoms with E-state index >= 15 is 0 Å². The maximum atomic E-state index is 10.8. The van der Waals surface area contributed by atoms with Gasteiger partial charge in [-0.25, -0.2) is 4.79 Å². The van der Waals surface area contributed by atoms with Crippen LogP contribution in [0.5, 0.6) is 5.75 Å². The Hall–Kier alpha value is -2.42. The molecule has 1 unspecified atom stereocenters. The quantitative estimate of drug-likeness (QED) is 0.654. The number of carboxylic acid groups (broad SMARTS) is 1. The van der Waals surface area contributed by atoms with Gasteiger partial charge < -0.3 is 9.84 Å². The predicted octanol–water partition coefficient (Wildman–Crippen LogP) is 5.39. The van der Waals surface area contributed by atoms with Gasteiger partial charge in [0.1, 0.15) is 12.7 Å². The highest BCUT2D eigenvalue weighted by Crippen LogP contribution is 2.44. The molecule has 27 heavy (non-hydrogen) atoms. The zero-order chi connectivity index (χ0) is 19.4. The van der Waals surface area contributed by atoms with Crippen LogP contribution in [-0.2, 0) is 6.42 Å². The van der Waals surface area contributed by atoms with E-state index in [1.165, 1.54) is 0 Å². The lowest BCUT2D eigenvalue weighted by molar-refractivity contribution is 0.209. The van der Waals surface area contributed by atoms with E-state index in [0.717, 1.165) is 36.0 Å². The van der Waals surface area contributed by atoms with Crippen molar-refractivity contribution in [3.05, 3.63) is 57.6 Å². The number of fused-ring (bicyclic) bond motifs is 1. The number of halogens is 2. The summed E-state index contributed by atoms with van der Waals surface area (Å²) in [5.41, 5.74) is 4.01. The van der Waals surface area contributed by atoms with Gasteiger partial charge in [0.05, 0.1) is 16.5 Å². The smallest absolute Gasteiger partial charge is 0.409 e. The normalized spacial score (nSPS) is 15.5. The molecule has 3 rings (SSSR count). The van der Waals surface area contributed by atoms with Crippen molar-refractivity contribution in [2.45, 2.75) is 25.2 Å². The van der Waals surface area contributed by atoms with Crippen molar-refractivity contribution in [1.82, 2.24) is 0 Å². The van der Waals surface area contributed by atoms with Gasteiger partial charge in [-0.15, -0.1) is 11.6 Å². The van der Waals surface area contributed by atoms with Gasteiger partial charge in [0, 0.05) is 11.6 Å². The summed E-state index contributed by atoms with van der Waals surface area (Å²) >= 11 is 12.3. The van der Waals surface area contributed by atoms with E-state index in [9.17, 15) is 10.1 Å². The number of nitriles is 1. The number of benzene rings is 2. The largest absolute Gasteiger partial charge is 0.489 e. The third kappa shape index (κ3) is 4.13. The number of nitrogens with one attached hydrogen (secondary N) is 1. The summed E-state index contributed by atoms with van der Waals surface area (Å²) in [7, 11) is 0. The van der Waals surface area contributed by atoms with E-state index in [4.69, 9.17) is 33.0 Å². The molecule has 0 saturated heterocycles. The van der Waals surface area contributed by atoms with E-state index in [1.807, 2.05) is 18.2 Å². The molecule has 2 N–H and O–H groups in total. The van der Waals surface area contributed by atoms with Gasteiger partial charge in [0.15, 0.2) is 5.75 Å². The lowest BCUT2D eigenvalue weighted by Gasteiger charge is -2.28. The van der Waals surface area contributed by atoms with Crippen LogP contribution in [0.3, 0.4) is 0 Å². The molecule has 2 aromatic rings. The number of nitrogens with zero attached hydrogens (tertiary/aromatic N) is 1. The third-order valence-corrected chi connectivity index (χ3v) is 5.21. The van der Waals surface area contributed by atoms with Gasteiger partial charge in [-0.1, -0.05) is 23.7 Å². The highest BCUT2D eigenvalue weighted by Gasteiger charge is 2.27. The van der Waals surface area contributed by atoms with Crippen molar-refractivity contribution in [2.75, 3.05) is 17.8 Å². The SMILES string of the molecule is N#Cc1cc2c(c(Cl)c1OCCCl)CCCC2c1ccc(NC(=O)O)cc1. The molecule has 0 aromatic heterocycles. The van der Waals surface area contributed by atoms with Gasteiger partial charge in [-0.05, 0) is 54.2 Å². The third-order valence-electron chi connectivity index (χ3n) is 4.66. The van der Waals surface area contributed by atoms with E-state index in [1.54, 1.807) is 12.1 Å². The molecule has 1 amide bonds. The molecule has 0 radical (unpaired) electrons. The van der Waals surface area contributed by atoms with Crippen molar-refractivity contribution in [3.8, 4) is 11.8 Å². The fraction of sp³-hybridized carbons (Fsp3) is 0.300. The van der Waals surface area contributed by atoms with Crippen LogP contribution in [0.4, 0.5) is 10.5 Å². The van der Waals surface area contributed by atoms with Crippen LogP contribution in [0.15, 0.2) is 30.3 Å². The lowest BCUT2D eigenvalue weighted by Crippen LogP contribution is -2.14. The first-order valence-electron chi connectivity index (χ1n) is 8.59. The molecule has 0 heterocycles. The Bertz CT molecular complexity index is 892. The minimum Gasteiger partial charge on any atom is -0.489 e. The van der Waals surface area contributed by atoms with Crippen LogP contribution >= 0.6 is 23.2 Å². The van der Waals surface area contributed by atoms with Crippen molar-refractivity contribution in [2.24, 2.45) is 0 Å². The molecular weight excluding hydrogens is 387 g/mol. The Labute approximate surface area is 167 Å². The molecule has 0 fully saturated rings. The molecule has 0 saturated carbocycles. The number of amides is 1. The Morgan fingerprint density at radius 2 is 2.11 bits per heavy atom. The lowest BCUT2D eigenvalue weighted by atomic mass is 9.78. The second-order valence-corrected chi connectivity index (χ2v) is 7.04. The van der Waals surface area contributed by atoms with Gasteiger partial charge in [0.25, 0.3) is 0 Å². The predicted molar refractivity (Wildman–Crippen MR) is 105 cm³/mol. The number of hydrogen-bond donors (Lipinski definition) is 2. The zero-order valence-electron chi connectivity index (χ0n) is 14.5. The van der Waals surface area contributed by atoms with Crippen LogP contribution in [-0.4, -0.2) is 23.7 Å². The monoisotopic (exact) mass is 404 g/mol. The summed E-state index contributed by atoms with van der Waals surface area (Å²) in [6, 6.07) is 11.3. The van der Waals surface area contributed by atoms with Crippen molar-refractivity contribution < 1.29 is 14.6 Å². The van der Waals surface area contributed by atoms with Crippen LogP contribution in [0.1, 0.15) is 41.0 Å². The topological polar surface area (TPSA) is 82.3 Å². The summed E-state index contributed by atoms with van der Waals surface area (Å²) in [4.78, 5) is 10.8. The average Bonchev–Trinajstić information content (AvgIpc) is 2.67. The molecule has 0 bridgehead atoms. The highest BCUT2D eigenvalue weighted by atomic mass is 35.5. The molecule has 0 aliphatic heterocycles. The first-order chi connectivity index (χ1) is 13.0. The maximum absolute atomic E-state index is 10.8. The Morgan fingerprint density at radius 3 is 2.74 bits per heavy atom. The Balaban J connectivity index is 1.99. The molecule has 1 atom stereocenters. The zero-order valence-corrected chi connectivity index (χ0v) is 16.0. The van der Waals surface area contributed by atoms with E-state index in [-0.39, 0.29) is 12.5 Å². The summed E-state index contributed by atoms with van der Waals surface area (Å²) in [6.07, 6.45) is 1.63. The van der Waals surface area contributed by atoms with Gasteiger partial charge in [-0.3, -0.25) is 5.32 Å². The molecule has 0 spiro atoms. The Morgan fingerprint density at radius 1 is 1.37 bits per heavy atom. The molecular formula is C20H18Cl2N2O3. The summed E-state index contributed by atoms with van der Waals surface area (Å²) in [6.45, 7) is 0.288. The van der Waals surface area contributed by atoms with E-state index in [2.05, 4.69) is 11.4 Å². The standard InChI is InChI=1S/C20H18Cl2N2O3/c21-8-9-27-19-13(11-23)10-17-15(2-1-3-16(17)18(19)22)12-4-6-14(7-5-12)24-20(25)26/h4-7,10,15,24H,1-3,8-9H2,(H,25,26). The van der Waals surface area contributed by atoms with Crippen molar-refractivity contribution >= 4 is 35.0 Å². The summed E-state index contributed by atoms with van der Waals surface area (Å²) in [5, 5.41) is 21.2. The average molecular weight is 405 g/mol. The van der Waals surface area contributed by atoms with Crippen LogP contribution in [0.25, 0.3) is 0 Å². The number of hydrogen-bond acceptors (Lipinski definition) is 3. The molecule has 2 aromatic carbocycles. The minimum absolute atomic E-state index is 0.0966. The van der Waals surface area contributed by atoms with Crippen LogP contribution in [0, 0.1) is 11.3 Å². The molecule has 1 aliphatic rings. The van der Waals surface area contributed by atoms with Gasteiger partial charge in [-0.2, -0.15) is 5.26 Å². The first kappa shape index (κ1) is 19.3. The number of rotatable bonds is 5. The molecule has 7 heteroatoms. The van der Waals surface area contributed by atoms with Gasteiger partial charge >= 0.3 is 6.09 Å². The second-order valence-electron chi connectivity index (χ2n) is 6.28. The fourth-order valence-electron chi connectivity index (χ4n) is 3.53. The van der Waals surface area contributed by atoms with Crippen molar-refractivity contribution in [3.63, 3.8) is 0 Å². The number of anilines is 1. The molecule has 5 nitrogen and oxygen atoms in total.